The number of nitriles is 1. The summed E-state index contributed by atoms with van der Waals surface area (Å²) in [5.41, 5.74) is 2.28. The van der Waals surface area contributed by atoms with Crippen molar-refractivity contribution in [2.45, 2.75) is 13.1 Å². The van der Waals surface area contributed by atoms with E-state index in [1.807, 2.05) is 42.5 Å². The normalized spacial score (nSPS) is 10.0. The molecule has 0 bridgehead atoms. The van der Waals surface area contributed by atoms with Crippen LogP contribution in [-0.2, 0) is 13.1 Å². The minimum Gasteiger partial charge on any atom is -0.478 e. The van der Waals surface area contributed by atoms with Crippen LogP contribution >= 0.6 is 15.9 Å². The Labute approximate surface area is 127 Å². The molecule has 0 aromatic heterocycles. The van der Waals surface area contributed by atoms with Gasteiger partial charge in [0, 0.05) is 23.1 Å². The Bertz CT molecular complexity index is 590. The van der Waals surface area contributed by atoms with Crippen LogP contribution < -0.4 is 10.1 Å². The van der Waals surface area contributed by atoms with E-state index in [1.54, 1.807) is 0 Å². The Balaban J connectivity index is 1.90. The molecule has 0 amide bonds. The van der Waals surface area contributed by atoms with Gasteiger partial charge in [0.25, 0.3) is 0 Å². The van der Waals surface area contributed by atoms with Gasteiger partial charge in [-0.3, -0.25) is 0 Å². The van der Waals surface area contributed by atoms with E-state index in [9.17, 15) is 0 Å². The second-order valence-electron chi connectivity index (χ2n) is 4.28. The van der Waals surface area contributed by atoms with Crippen molar-refractivity contribution >= 4 is 15.9 Å². The van der Waals surface area contributed by atoms with Crippen LogP contribution in [0.2, 0.25) is 0 Å². The fraction of sp³-hybridized carbons (Fsp3) is 0.188. The second-order valence-corrected chi connectivity index (χ2v) is 5.20. The largest absolute Gasteiger partial charge is 0.478 e. The molecule has 0 saturated heterocycles. The average molecular weight is 331 g/mol. The molecule has 4 heteroatoms. The summed E-state index contributed by atoms with van der Waals surface area (Å²) in [6.45, 7) is 1.57. The van der Waals surface area contributed by atoms with Gasteiger partial charge in [-0.05, 0) is 23.8 Å². The van der Waals surface area contributed by atoms with Crippen LogP contribution in [0.1, 0.15) is 11.1 Å². The molecule has 0 fully saturated rings. The molecule has 2 rings (SSSR count). The van der Waals surface area contributed by atoms with Crippen LogP contribution in [0, 0.1) is 11.3 Å². The molecule has 0 aliphatic carbocycles. The van der Waals surface area contributed by atoms with E-state index in [1.165, 1.54) is 5.56 Å². The summed E-state index contributed by atoms with van der Waals surface area (Å²) in [4.78, 5) is 0. The first-order valence-corrected chi connectivity index (χ1v) is 7.11. The van der Waals surface area contributed by atoms with Gasteiger partial charge in [0.15, 0.2) is 6.61 Å². The lowest BCUT2D eigenvalue weighted by molar-refractivity contribution is 0.362. The number of benzene rings is 2. The lowest BCUT2D eigenvalue weighted by Gasteiger charge is -2.10. The number of hydrogen-bond donors (Lipinski definition) is 1. The molecular weight excluding hydrogens is 316 g/mol. The lowest BCUT2D eigenvalue weighted by Crippen LogP contribution is -2.13. The summed E-state index contributed by atoms with van der Waals surface area (Å²) in [6.07, 6.45) is 0. The Morgan fingerprint density at radius 1 is 1.05 bits per heavy atom. The number of ether oxygens (including phenoxy) is 1. The molecular formula is C16H15BrN2O. The van der Waals surface area contributed by atoms with Gasteiger partial charge in [-0.1, -0.05) is 46.3 Å². The Morgan fingerprint density at radius 2 is 1.80 bits per heavy atom. The van der Waals surface area contributed by atoms with Crippen molar-refractivity contribution in [1.29, 1.82) is 5.26 Å². The molecule has 0 aliphatic rings. The van der Waals surface area contributed by atoms with Gasteiger partial charge >= 0.3 is 0 Å². The molecule has 20 heavy (non-hydrogen) atoms. The molecule has 102 valence electrons. The van der Waals surface area contributed by atoms with Crippen LogP contribution in [0.15, 0.2) is 53.0 Å². The summed E-state index contributed by atoms with van der Waals surface area (Å²) in [7, 11) is 0. The molecule has 2 aromatic rings. The van der Waals surface area contributed by atoms with Gasteiger partial charge in [-0.15, -0.1) is 0 Å². The highest BCUT2D eigenvalue weighted by Crippen LogP contribution is 2.17. The summed E-state index contributed by atoms with van der Waals surface area (Å²) in [6, 6.07) is 18.0. The number of para-hydroxylation sites is 1. The SMILES string of the molecule is N#CCOc1ccccc1CNCc1ccc(Br)cc1. The molecule has 1 N–H and O–H groups in total. The highest BCUT2D eigenvalue weighted by Gasteiger charge is 2.02. The molecule has 3 nitrogen and oxygen atoms in total. The first-order chi connectivity index (χ1) is 9.79. The van der Waals surface area contributed by atoms with Gasteiger partial charge in [0.05, 0.1) is 0 Å². The number of hydrogen-bond acceptors (Lipinski definition) is 3. The van der Waals surface area contributed by atoms with Crippen LogP contribution in [0.4, 0.5) is 0 Å². The van der Waals surface area contributed by atoms with Gasteiger partial charge in [-0.25, -0.2) is 0 Å². The Kier molecular flexibility index (Phi) is 5.60. The third-order valence-corrected chi connectivity index (χ3v) is 3.35. The second kappa shape index (κ2) is 7.68. The van der Waals surface area contributed by atoms with Crippen molar-refractivity contribution in [3.63, 3.8) is 0 Å². The third-order valence-electron chi connectivity index (χ3n) is 2.82. The maximum atomic E-state index is 8.57. The van der Waals surface area contributed by atoms with Crippen molar-refractivity contribution in [3.8, 4) is 11.8 Å². The fourth-order valence-electron chi connectivity index (χ4n) is 1.84. The maximum absolute atomic E-state index is 8.57. The summed E-state index contributed by atoms with van der Waals surface area (Å²) in [5, 5.41) is 11.9. The molecule has 0 unspecified atom stereocenters. The zero-order valence-electron chi connectivity index (χ0n) is 11.0. The molecule has 0 saturated carbocycles. The minimum atomic E-state index is 0.0731. The molecule has 2 aromatic carbocycles. The Morgan fingerprint density at radius 3 is 2.55 bits per heavy atom. The van der Waals surface area contributed by atoms with Crippen molar-refractivity contribution in [1.82, 2.24) is 5.32 Å². The predicted octanol–water partition coefficient (Wildman–Crippen LogP) is 3.64. The monoisotopic (exact) mass is 330 g/mol. The molecule has 0 spiro atoms. The van der Waals surface area contributed by atoms with Gasteiger partial charge < -0.3 is 10.1 Å². The summed E-state index contributed by atoms with van der Waals surface area (Å²) in [5.74, 6) is 0.761. The van der Waals surface area contributed by atoms with E-state index in [0.717, 1.165) is 22.3 Å². The summed E-state index contributed by atoms with van der Waals surface area (Å²) >= 11 is 3.42. The number of rotatable bonds is 6. The standard InChI is InChI=1S/C16H15BrN2O/c17-15-7-5-13(6-8-15)11-19-12-14-3-1-2-4-16(14)20-10-9-18/h1-8,19H,10-12H2. The summed E-state index contributed by atoms with van der Waals surface area (Å²) < 4.78 is 6.48. The van der Waals surface area contributed by atoms with Crippen molar-refractivity contribution in [2.24, 2.45) is 0 Å². The van der Waals surface area contributed by atoms with Gasteiger partial charge in [-0.2, -0.15) is 5.26 Å². The predicted molar refractivity (Wildman–Crippen MR) is 82.2 cm³/mol. The molecule has 0 aliphatic heterocycles. The highest BCUT2D eigenvalue weighted by atomic mass is 79.9. The van der Waals surface area contributed by atoms with E-state index in [4.69, 9.17) is 10.00 Å². The first kappa shape index (κ1) is 14.6. The quantitative estimate of drug-likeness (QED) is 0.879. The molecule has 0 radical (unpaired) electrons. The first-order valence-electron chi connectivity index (χ1n) is 6.32. The maximum Gasteiger partial charge on any atom is 0.174 e. The van der Waals surface area contributed by atoms with Crippen LogP contribution in [-0.4, -0.2) is 6.61 Å². The van der Waals surface area contributed by atoms with E-state index in [2.05, 4.69) is 33.4 Å². The Hall–Kier alpha value is -1.83. The van der Waals surface area contributed by atoms with E-state index in [0.29, 0.717) is 6.54 Å². The topological polar surface area (TPSA) is 45.0 Å². The lowest BCUT2D eigenvalue weighted by atomic mass is 10.2. The van der Waals surface area contributed by atoms with Crippen LogP contribution in [0.3, 0.4) is 0 Å². The fourth-order valence-corrected chi connectivity index (χ4v) is 2.11. The zero-order chi connectivity index (χ0) is 14.2. The molecule has 0 atom stereocenters. The molecule has 0 heterocycles. The smallest absolute Gasteiger partial charge is 0.174 e. The average Bonchev–Trinajstić information content (AvgIpc) is 2.48. The van der Waals surface area contributed by atoms with Gasteiger partial charge in [0.2, 0.25) is 0 Å². The third kappa shape index (κ3) is 4.37. The van der Waals surface area contributed by atoms with Crippen LogP contribution in [0.25, 0.3) is 0 Å². The zero-order valence-corrected chi connectivity index (χ0v) is 12.6. The number of nitrogens with one attached hydrogen (secondary N) is 1. The van der Waals surface area contributed by atoms with Crippen LogP contribution in [0.5, 0.6) is 5.75 Å². The van der Waals surface area contributed by atoms with Crippen molar-refractivity contribution in [3.05, 3.63) is 64.1 Å². The van der Waals surface area contributed by atoms with E-state index >= 15 is 0 Å². The van der Waals surface area contributed by atoms with Crippen molar-refractivity contribution < 1.29 is 4.74 Å². The minimum absolute atomic E-state index is 0.0731. The van der Waals surface area contributed by atoms with Gasteiger partial charge in [0.1, 0.15) is 11.8 Å². The highest BCUT2D eigenvalue weighted by molar-refractivity contribution is 9.10. The van der Waals surface area contributed by atoms with E-state index < -0.39 is 0 Å². The number of halogens is 1. The number of nitrogens with zero attached hydrogens (tertiary/aromatic N) is 1. The van der Waals surface area contributed by atoms with Crippen molar-refractivity contribution in [2.75, 3.05) is 6.61 Å². The van der Waals surface area contributed by atoms with E-state index in [-0.39, 0.29) is 6.61 Å².